The quantitative estimate of drug-likeness (QED) is 0.702. The zero-order valence-electron chi connectivity index (χ0n) is 8.03. The Hall–Kier alpha value is -0.610. The summed E-state index contributed by atoms with van der Waals surface area (Å²) in [7, 11) is 2.04. The Morgan fingerprint density at radius 3 is 3.08 bits per heavy atom. The minimum absolute atomic E-state index is 0.101. The van der Waals surface area contributed by atoms with Gasteiger partial charge >= 0.3 is 5.97 Å². The predicted molar refractivity (Wildman–Crippen MR) is 48.7 cm³/mol. The fraction of sp³-hybridized carbons (Fsp3) is 0.889. The SMILES string of the molecule is CN1CCCCC(OCC(=O)O)C1. The Labute approximate surface area is 78.5 Å². The maximum absolute atomic E-state index is 10.3. The van der Waals surface area contributed by atoms with E-state index in [-0.39, 0.29) is 12.7 Å². The summed E-state index contributed by atoms with van der Waals surface area (Å²) in [6, 6.07) is 0. The van der Waals surface area contributed by atoms with Crippen LogP contribution in [0.25, 0.3) is 0 Å². The zero-order chi connectivity index (χ0) is 9.68. The van der Waals surface area contributed by atoms with Crippen LogP contribution in [0.5, 0.6) is 0 Å². The number of nitrogens with zero attached hydrogens (tertiary/aromatic N) is 1. The lowest BCUT2D eigenvalue weighted by Gasteiger charge is -2.19. The van der Waals surface area contributed by atoms with Crippen molar-refractivity contribution in [3.63, 3.8) is 0 Å². The summed E-state index contributed by atoms with van der Waals surface area (Å²) in [5.74, 6) is -0.882. The summed E-state index contributed by atoms with van der Waals surface area (Å²) >= 11 is 0. The van der Waals surface area contributed by atoms with Gasteiger partial charge in [-0.1, -0.05) is 0 Å². The molecule has 0 spiro atoms. The van der Waals surface area contributed by atoms with Crippen LogP contribution in [-0.4, -0.2) is 48.8 Å². The summed E-state index contributed by atoms with van der Waals surface area (Å²) in [5.41, 5.74) is 0. The highest BCUT2D eigenvalue weighted by Gasteiger charge is 2.16. The number of hydrogen-bond acceptors (Lipinski definition) is 3. The molecule has 0 bridgehead atoms. The first kappa shape index (κ1) is 10.5. The van der Waals surface area contributed by atoms with E-state index in [1.807, 2.05) is 7.05 Å². The van der Waals surface area contributed by atoms with Gasteiger partial charge in [0.2, 0.25) is 0 Å². The first-order chi connectivity index (χ1) is 6.18. The highest BCUT2D eigenvalue weighted by Crippen LogP contribution is 2.11. The van der Waals surface area contributed by atoms with Gasteiger partial charge in [0.05, 0.1) is 6.10 Å². The van der Waals surface area contributed by atoms with Crippen LogP contribution in [0, 0.1) is 0 Å². The van der Waals surface area contributed by atoms with E-state index in [1.54, 1.807) is 0 Å². The van der Waals surface area contributed by atoms with Crippen molar-refractivity contribution in [1.82, 2.24) is 4.90 Å². The van der Waals surface area contributed by atoms with Gasteiger partial charge in [0.1, 0.15) is 6.61 Å². The Morgan fingerprint density at radius 1 is 1.62 bits per heavy atom. The minimum atomic E-state index is -0.882. The van der Waals surface area contributed by atoms with Crippen molar-refractivity contribution in [3.8, 4) is 0 Å². The van der Waals surface area contributed by atoms with Crippen molar-refractivity contribution in [3.05, 3.63) is 0 Å². The van der Waals surface area contributed by atoms with Crippen LogP contribution >= 0.6 is 0 Å². The second kappa shape index (κ2) is 5.19. The lowest BCUT2D eigenvalue weighted by molar-refractivity contribution is -0.144. The van der Waals surface area contributed by atoms with Gasteiger partial charge in [-0.25, -0.2) is 4.79 Å². The lowest BCUT2D eigenvalue weighted by Crippen LogP contribution is -2.30. The van der Waals surface area contributed by atoms with Gasteiger partial charge in [-0.05, 0) is 32.9 Å². The van der Waals surface area contributed by atoms with E-state index < -0.39 is 5.97 Å². The van der Waals surface area contributed by atoms with Crippen LogP contribution < -0.4 is 0 Å². The molecule has 0 aromatic heterocycles. The van der Waals surface area contributed by atoms with Crippen LogP contribution in [0.4, 0.5) is 0 Å². The molecule has 1 N–H and O–H groups in total. The summed E-state index contributed by atoms with van der Waals surface area (Å²) < 4.78 is 5.25. The van der Waals surface area contributed by atoms with Crippen molar-refractivity contribution < 1.29 is 14.6 Å². The summed E-state index contributed by atoms with van der Waals surface area (Å²) in [6.45, 7) is 1.78. The third-order valence-corrected chi connectivity index (χ3v) is 2.27. The van der Waals surface area contributed by atoms with E-state index in [1.165, 1.54) is 6.42 Å². The van der Waals surface area contributed by atoms with Crippen LogP contribution in [0.2, 0.25) is 0 Å². The number of likely N-dealkylation sites (N-methyl/N-ethyl adjacent to an activating group) is 1. The number of aliphatic carboxylic acids is 1. The van der Waals surface area contributed by atoms with Crippen LogP contribution in [-0.2, 0) is 9.53 Å². The monoisotopic (exact) mass is 187 g/mol. The highest BCUT2D eigenvalue weighted by atomic mass is 16.5. The van der Waals surface area contributed by atoms with E-state index in [0.717, 1.165) is 25.9 Å². The average molecular weight is 187 g/mol. The van der Waals surface area contributed by atoms with Crippen molar-refractivity contribution in [2.45, 2.75) is 25.4 Å². The van der Waals surface area contributed by atoms with Gasteiger partial charge in [0.25, 0.3) is 0 Å². The van der Waals surface area contributed by atoms with E-state index in [4.69, 9.17) is 9.84 Å². The van der Waals surface area contributed by atoms with Crippen molar-refractivity contribution in [2.24, 2.45) is 0 Å². The molecule has 0 aromatic carbocycles. The van der Waals surface area contributed by atoms with Gasteiger partial charge in [0.15, 0.2) is 0 Å². The smallest absolute Gasteiger partial charge is 0.329 e. The van der Waals surface area contributed by atoms with Crippen molar-refractivity contribution in [2.75, 3.05) is 26.7 Å². The van der Waals surface area contributed by atoms with Crippen molar-refractivity contribution >= 4 is 5.97 Å². The summed E-state index contributed by atoms with van der Waals surface area (Å²) in [4.78, 5) is 12.5. The summed E-state index contributed by atoms with van der Waals surface area (Å²) in [5, 5.41) is 8.44. The highest BCUT2D eigenvalue weighted by molar-refractivity contribution is 5.68. The Kier molecular flexibility index (Phi) is 4.18. The molecule has 1 fully saturated rings. The molecular formula is C9H17NO3. The molecule has 4 nitrogen and oxygen atoms in total. The van der Waals surface area contributed by atoms with E-state index >= 15 is 0 Å². The molecule has 0 aliphatic carbocycles. The van der Waals surface area contributed by atoms with Crippen LogP contribution in [0.3, 0.4) is 0 Å². The lowest BCUT2D eigenvalue weighted by atomic mass is 10.2. The maximum atomic E-state index is 10.3. The fourth-order valence-electron chi connectivity index (χ4n) is 1.61. The molecule has 1 rings (SSSR count). The summed E-state index contributed by atoms with van der Waals surface area (Å²) in [6.07, 6.45) is 3.40. The molecule has 76 valence electrons. The number of ether oxygens (including phenoxy) is 1. The average Bonchev–Trinajstić information content (AvgIpc) is 2.26. The third-order valence-electron chi connectivity index (χ3n) is 2.27. The Morgan fingerprint density at radius 2 is 2.38 bits per heavy atom. The van der Waals surface area contributed by atoms with Crippen LogP contribution in [0.1, 0.15) is 19.3 Å². The molecule has 13 heavy (non-hydrogen) atoms. The van der Waals surface area contributed by atoms with Gasteiger partial charge in [0, 0.05) is 6.54 Å². The molecule has 0 aromatic rings. The second-order valence-electron chi connectivity index (χ2n) is 3.58. The Balaban J connectivity index is 2.26. The predicted octanol–water partition coefficient (Wildman–Crippen LogP) is 0.572. The molecule has 1 heterocycles. The number of carboxylic acid groups (broad SMARTS) is 1. The zero-order valence-corrected chi connectivity index (χ0v) is 8.03. The molecule has 1 aliphatic heterocycles. The van der Waals surface area contributed by atoms with Crippen LogP contribution in [0.15, 0.2) is 0 Å². The van der Waals surface area contributed by atoms with Gasteiger partial charge in [-0.3, -0.25) is 0 Å². The first-order valence-electron chi connectivity index (χ1n) is 4.70. The molecular weight excluding hydrogens is 170 g/mol. The molecule has 1 unspecified atom stereocenters. The molecule has 1 aliphatic rings. The van der Waals surface area contributed by atoms with Gasteiger partial charge < -0.3 is 14.7 Å². The standard InChI is InChI=1S/C9H17NO3/c1-10-5-3-2-4-8(6-10)13-7-9(11)12/h8H,2-7H2,1H3,(H,11,12). The normalized spacial score (nSPS) is 25.5. The molecule has 4 heteroatoms. The number of carbonyl (C=O) groups is 1. The van der Waals surface area contributed by atoms with E-state index in [9.17, 15) is 4.79 Å². The van der Waals surface area contributed by atoms with E-state index in [2.05, 4.69) is 4.90 Å². The minimum Gasteiger partial charge on any atom is -0.480 e. The molecule has 1 saturated heterocycles. The maximum Gasteiger partial charge on any atom is 0.329 e. The Bertz CT molecular complexity index is 172. The first-order valence-corrected chi connectivity index (χ1v) is 4.70. The molecule has 0 radical (unpaired) electrons. The number of likely N-dealkylation sites (tertiary alicyclic amines) is 1. The second-order valence-corrected chi connectivity index (χ2v) is 3.58. The molecule has 0 amide bonds. The largest absolute Gasteiger partial charge is 0.480 e. The number of carboxylic acids is 1. The van der Waals surface area contributed by atoms with Gasteiger partial charge in [-0.2, -0.15) is 0 Å². The molecule has 1 atom stereocenters. The number of rotatable bonds is 3. The fourth-order valence-corrected chi connectivity index (χ4v) is 1.61. The topological polar surface area (TPSA) is 49.8 Å². The van der Waals surface area contributed by atoms with Gasteiger partial charge in [-0.15, -0.1) is 0 Å². The third kappa shape index (κ3) is 4.24. The molecule has 0 saturated carbocycles. The van der Waals surface area contributed by atoms with E-state index in [0.29, 0.717) is 0 Å². The number of hydrogen-bond donors (Lipinski definition) is 1. The van der Waals surface area contributed by atoms with Crippen molar-refractivity contribution in [1.29, 1.82) is 0 Å².